The van der Waals surface area contributed by atoms with E-state index >= 15 is 0 Å². The van der Waals surface area contributed by atoms with E-state index in [2.05, 4.69) is 41.9 Å². The number of carbonyl (C=O) groups excluding carboxylic acids is 1. The highest BCUT2D eigenvalue weighted by atomic mass is 79.9. The molecule has 1 aliphatic heterocycles. The van der Waals surface area contributed by atoms with E-state index in [9.17, 15) is 4.79 Å². The third-order valence-electron chi connectivity index (χ3n) is 2.88. The fraction of sp³-hybridized carbons (Fsp3) is 0.273. The summed E-state index contributed by atoms with van der Waals surface area (Å²) in [5.74, 6) is -0.299. The fourth-order valence-electron chi connectivity index (χ4n) is 1.69. The summed E-state index contributed by atoms with van der Waals surface area (Å²) >= 11 is 3.27. The summed E-state index contributed by atoms with van der Waals surface area (Å²) in [5.41, 5.74) is 0.898. The van der Waals surface area contributed by atoms with Crippen LogP contribution in [0.25, 0.3) is 0 Å². The number of hydrogen-bond donors (Lipinski definition) is 2. The van der Waals surface area contributed by atoms with Crippen LogP contribution in [0.5, 0.6) is 0 Å². The summed E-state index contributed by atoms with van der Waals surface area (Å²) in [6.07, 6.45) is 3.30. The summed E-state index contributed by atoms with van der Waals surface area (Å²) in [7, 11) is 0. The quantitative estimate of drug-likeness (QED) is 0.818. The molecule has 7 nitrogen and oxygen atoms in total. The molecular weight excluding hydrogens is 312 g/mol. The summed E-state index contributed by atoms with van der Waals surface area (Å²) in [5, 5.41) is 13.7. The summed E-state index contributed by atoms with van der Waals surface area (Å²) in [6, 6.07) is 3.80. The van der Waals surface area contributed by atoms with E-state index in [0.717, 1.165) is 13.1 Å². The van der Waals surface area contributed by atoms with Gasteiger partial charge < -0.3 is 10.6 Å². The van der Waals surface area contributed by atoms with Gasteiger partial charge in [0.15, 0.2) is 5.69 Å². The molecule has 3 heterocycles. The first-order valence-corrected chi connectivity index (χ1v) is 6.58. The number of anilines is 1. The van der Waals surface area contributed by atoms with Gasteiger partial charge in [0, 0.05) is 19.3 Å². The molecule has 0 bridgehead atoms. The number of carbonyl (C=O) groups is 1. The minimum Gasteiger partial charge on any atom is -0.318 e. The molecule has 1 amide bonds. The summed E-state index contributed by atoms with van der Waals surface area (Å²) < 4.78 is 2.29. The van der Waals surface area contributed by atoms with Crippen LogP contribution < -0.4 is 10.6 Å². The molecule has 2 N–H and O–H groups in total. The van der Waals surface area contributed by atoms with E-state index in [4.69, 9.17) is 0 Å². The molecule has 2 aromatic rings. The monoisotopic (exact) mass is 322 g/mol. The van der Waals surface area contributed by atoms with Gasteiger partial charge in [-0.1, -0.05) is 5.21 Å². The number of nitrogens with one attached hydrogen (secondary N) is 2. The number of halogens is 1. The Hall–Kier alpha value is -1.80. The number of pyridine rings is 1. The lowest BCUT2D eigenvalue weighted by Crippen LogP contribution is -2.43. The normalized spacial score (nSPS) is 15.0. The largest absolute Gasteiger partial charge is 0.318 e. The average molecular weight is 323 g/mol. The van der Waals surface area contributed by atoms with Crippen molar-refractivity contribution >= 4 is 27.5 Å². The van der Waals surface area contributed by atoms with Crippen molar-refractivity contribution in [1.82, 2.24) is 25.3 Å². The molecular formula is C11H11BrN6O. The van der Waals surface area contributed by atoms with Gasteiger partial charge in [-0.25, -0.2) is 9.67 Å². The Labute approximate surface area is 117 Å². The molecule has 0 atom stereocenters. The van der Waals surface area contributed by atoms with Crippen molar-refractivity contribution in [3.8, 4) is 0 Å². The van der Waals surface area contributed by atoms with Gasteiger partial charge in [0.05, 0.1) is 17.9 Å². The zero-order chi connectivity index (χ0) is 13.2. The molecule has 1 saturated heterocycles. The molecule has 98 valence electrons. The highest BCUT2D eigenvalue weighted by Gasteiger charge is 2.21. The Bertz CT molecular complexity index is 609. The minimum atomic E-state index is -0.299. The SMILES string of the molecule is O=C(Nc1cccnc1Br)c1cn(C2CNC2)nn1. The average Bonchev–Trinajstić information content (AvgIpc) is 2.79. The van der Waals surface area contributed by atoms with Crippen LogP contribution in [0.4, 0.5) is 5.69 Å². The van der Waals surface area contributed by atoms with Crippen LogP contribution in [0.1, 0.15) is 16.5 Å². The van der Waals surface area contributed by atoms with E-state index in [-0.39, 0.29) is 5.91 Å². The lowest BCUT2D eigenvalue weighted by Gasteiger charge is -2.26. The predicted molar refractivity (Wildman–Crippen MR) is 71.8 cm³/mol. The number of amides is 1. The number of rotatable bonds is 3. The summed E-state index contributed by atoms with van der Waals surface area (Å²) in [6.45, 7) is 1.72. The van der Waals surface area contributed by atoms with Crippen LogP contribution in [0.15, 0.2) is 29.1 Å². The van der Waals surface area contributed by atoms with Crippen molar-refractivity contribution in [1.29, 1.82) is 0 Å². The van der Waals surface area contributed by atoms with Gasteiger partial charge >= 0.3 is 0 Å². The summed E-state index contributed by atoms with van der Waals surface area (Å²) in [4.78, 5) is 16.1. The zero-order valence-electron chi connectivity index (χ0n) is 9.88. The third-order valence-corrected chi connectivity index (χ3v) is 3.52. The molecule has 8 heteroatoms. The lowest BCUT2D eigenvalue weighted by atomic mass is 10.2. The Morgan fingerprint density at radius 3 is 3.05 bits per heavy atom. The number of hydrogen-bond acceptors (Lipinski definition) is 5. The highest BCUT2D eigenvalue weighted by Crippen LogP contribution is 2.19. The second-order valence-electron chi connectivity index (χ2n) is 4.19. The van der Waals surface area contributed by atoms with Gasteiger partial charge in [0.1, 0.15) is 4.60 Å². The van der Waals surface area contributed by atoms with Gasteiger partial charge in [-0.2, -0.15) is 0 Å². The van der Waals surface area contributed by atoms with Crippen molar-refractivity contribution < 1.29 is 4.79 Å². The molecule has 1 fully saturated rings. The van der Waals surface area contributed by atoms with E-state index in [0.29, 0.717) is 22.0 Å². The standard InChI is InChI=1S/C11H11BrN6O/c12-10-8(2-1-3-14-10)15-11(19)9-6-18(17-16-9)7-4-13-5-7/h1-3,6-7,13H,4-5H2,(H,15,19). The Kier molecular flexibility index (Phi) is 3.26. The topological polar surface area (TPSA) is 84.7 Å². The van der Waals surface area contributed by atoms with Crippen molar-refractivity contribution in [3.63, 3.8) is 0 Å². The van der Waals surface area contributed by atoms with Gasteiger partial charge in [0.25, 0.3) is 5.91 Å². The maximum absolute atomic E-state index is 12.0. The Morgan fingerprint density at radius 2 is 2.37 bits per heavy atom. The maximum Gasteiger partial charge on any atom is 0.277 e. The van der Waals surface area contributed by atoms with Gasteiger partial charge in [-0.15, -0.1) is 5.10 Å². The van der Waals surface area contributed by atoms with E-state index < -0.39 is 0 Å². The number of aromatic nitrogens is 4. The van der Waals surface area contributed by atoms with Crippen LogP contribution in [0, 0.1) is 0 Å². The Morgan fingerprint density at radius 1 is 1.53 bits per heavy atom. The van der Waals surface area contributed by atoms with Crippen LogP contribution >= 0.6 is 15.9 Å². The van der Waals surface area contributed by atoms with E-state index in [1.807, 2.05) is 0 Å². The molecule has 0 saturated carbocycles. The number of nitrogens with zero attached hydrogens (tertiary/aromatic N) is 4. The first kappa shape index (κ1) is 12.2. The van der Waals surface area contributed by atoms with E-state index in [1.54, 1.807) is 29.2 Å². The second-order valence-corrected chi connectivity index (χ2v) is 4.94. The Balaban J connectivity index is 1.73. The van der Waals surface area contributed by atoms with Crippen LogP contribution in [-0.2, 0) is 0 Å². The smallest absolute Gasteiger partial charge is 0.277 e. The molecule has 0 aliphatic carbocycles. The molecule has 0 unspecified atom stereocenters. The van der Waals surface area contributed by atoms with Crippen molar-refractivity contribution in [2.75, 3.05) is 18.4 Å². The van der Waals surface area contributed by atoms with Crippen molar-refractivity contribution in [2.45, 2.75) is 6.04 Å². The third kappa shape index (κ3) is 2.49. The zero-order valence-corrected chi connectivity index (χ0v) is 11.5. The second kappa shape index (κ2) is 5.06. The molecule has 3 rings (SSSR count). The molecule has 19 heavy (non-hydrogen) atoms. The molecule has 0 radical (unpaired) electrons. The first-order chi connectivity index (χ1) is 9.24. The molecule has 0 spiro atoms. The molecule has 0 aromatic carbocycles. The highest BCUT2D eigenvalue weighted by molar-refractivity contribution is 9.10. The predicted octanol–water partition coefficient (Wildman–Crippen LogP) is 0.832. The lowest BCUT2D eigenvalue weighted by molar-refractivity contribution is 0.102. The van der Waals surface area contributed by atoms with Gasteiger partial charge in [-0.05, 0) is 28.1 Å². The van der Waals surface area contributed by atoms with Crippen LogP contribution in [0.2, 0.25) is 0 Å². The minimum absolute atomic E-state index is 0.291. The van der Waals surface area contributed by atoms with Gasteiger partial charge in [-0.3, -0.25) is 4.79 Å². The maximum atomic E-state index is 12.0. The van der Waals surface area contributed by atoms with Crippen molar-refractivity contribution in [2.24, 2.45) is 0 Å². The van der Waals surface area contributed by atoms with Gasteiger partial charge in [0.2, 0.25) is 0 Å². The van der Waals surface area contributed by atoms with Crippen LogP contribution in [-0.4, -0.2) is 39.0 Å². The van der Waals surface area contributed by atoms with E-state index in [1.165, 1.54) is 0 Å². The molecule has 1 aliphatic rings. The van der Waals surface area contributed by atoms with Crippen molar-refractivity contribution in [3.05, 3.63) is 34.8 Å². The van der Waals surface area contributed by atoms with Crippen LogP contribution in [0.3, 0.4) is 0 Å². The molecule has 2 aromatic heterocycles. The first-order valence-electron chi connectivity index (χ1n) is 5.78. The fourth-order valence-corrected chi connectivity index (χ4v) is 2.03.